The van der Waals surface area contributed by atoms with Crippen molar-refractivity contribution >= 4 is 35.0 Å². The molecular weight excluding hydrogens is 430 g/mol. The van der Waals surface area contributed by atoms with Crippen LogP contribution >= 0.6 is 23.4 Å². The van der Waals surface area contributed by atoms with Crippen LogP contribution in [-0.4, -0.2) is 22.6 Å². The molecule has 0 radical (unpaired) electrons. The van der Waals surface area contributed by atoms with Gasteiger partial charge in [-0.1, -0.05) is 52.8 Å². The molecule has 0 saturated carbocycles. The molecule has 0 saturated heterocycles. The lowest BCUT2D eigenvalue weighted by Gasteiger charge is -2.21. The SMILES string of the molecule is CCN1C(=O)c2ccccc2Sc2cc(-c3noc(Cc4ccc(Cl)cc4)n3)ccc21. The molecule has 154 valence electrons. The number of carbonyl (C=O) groups is 1. The van der Waals surface area contributed by atoms with Crippen LogP contribution in [0.3, 0.4) is 0 Å². The number of amides is 1. The Morgan fingerprint density at radius 2 is 1.84 bits per heavy atom. The minimum atomic E-state index is 0.0157. The molecular formula is C24H18ClN3O2S. The maximum atomic E-state index is 13.0. The normalized spacial score (nSPS) is 13.0. The number of hydrogen-bond donors (Lipinski definition) is 0. The zero-order valence-corrected chi connectivity index (χ0v) is 18.3. The monoisotopic (exact) mass is 447 g/mol. The predicted octanol–water partition coefficient (Wildman–Crippen LogP) is 6.11. The topological polar surface area (TPSA) is 59.2 Å². The third-order valence-electron chi connectivity index (χ3n) is 5.14. The molecule has 0 N–H and O–H groups in total. The first-order valence-corrected chi connectivity index (χ1v) is 11.1. The van der Waals surface area contributed by atoms with E-state index in [2.05, 4.69) is 10.1 Å². The Balaban J connectivity index is 1.48. The second kappa shape index (κ2) is 8.21. The van der Waals surface area contributed by atoms with Gasteiger partial charge in [0.1, 0.15) is 0 Å². The van der Waals surface area contributed by atoms with Crippen molar-refractivity contribution in [3.05, 3.63) is 88.8 Å². The van der Waals surface area contributed by atoms with Crippen molar-refractivity contribution in [1.29, 1.82) is 0 Å². The molecule has 3 aromatic carbocycles. The minimum absolute atomic E-state index is 0.0157. The third kappa shape index (κ3) is 3.84. The van der Waals surface area contributed by atoms with Gasteiger partial charge in [0.05, 0.1) is 17.7 Å². The summed E-state index contributed by atoms with van der Waals surface area (Å²) >= 11 is 7.54. The fourth-order valence-corrected chi connectivity index (χ4v) is 4.84. The summed E-state index contributed by atoms with van der Waals surface area (Å²) in [6, 6.07) is 21.2. The summed E-state index contributed by atoms with van der Waals surface area (Å²) in [5.41, 5.74) is 3.50. The van der Waals surface area contributed by atoms with Gasteiger partial charge in [-0.3, -0.25) is 4.79 Å². The van der Waals surface area contributed by atoms with E-state index in [9.17, 15) is 4.79 Å². The van der Waals surface area contributed by atoms with Gasteiger partial charge in [-0.05, 0) is 55.0 Å². The maximum absolute atomic E-state index is 13.0. The van der Waals surface area contributed by atoms with Crippen LogP contribution in [0.4, 0.5) is 5.69 Å². The molecule has 1 aliphatic rings. The highest BCUT2D eigenvalue weighted by atomic mass is 35.5. The standard InChI is InChI=1S/C24H18ClN3O2S/c1-2-28-19-12-9-16(14-21(19)31-20-6-4-3-5-18(20)24(28)29)23-26-22(30-27-23)13-15-7-10-17(25)11-8-15/h3-12,14H,2,13H2,1H3. The van der Waals surface area contributed by atoms with Gasteiger partial charge in [0.15, 0.2) is 0 Å². The predicted molar refractivity (Wildman–Crippen MR) is 122 cm³/mol. The van der Waals surface area contributed by atoms with E-state index >= 15 is 0 Å². The zero-order valence-electron chi connectivity index (χ0n) is 16.7. The van der Waals surface area contributed by atoms with Gasteiger partial charge in [0.25, 0.3) is 5.91 Å². The van der Waals surface area contributed by atoms with Crippen LogP contribution in [0, 0.1) is 0 Å². The largest absolute Gasteiger partial charge is 0.339 e. The second-order valence-electron chi connectivity index (χ2n) is 7.15. The summed E-state index contributed by atoms with van der Waals surface area (Å²) in [7, 11) is 0. The first-order valence-electron chi connectivity index (χ1n) is 9.92. The Morgan fingerprint density at radius 3 is 2.65 bits per heavy atom. The molecule has 1 aliphatic heterocycles. The van der Waals surface area contributed by atoms with Gasteiger partial charge >= 0.3 is 0 Å². The zero-order chi connectivity index (χ0) is 21.4. The quantitative estimate of drug-likeness (QED) is 0.377. The summed E-state index contributed by atoms with van der Waals surface area (Å²) in [4.78, 5) is 21.4. The maximum Gasteiger partial charge on any atom is 0.259 e. The summed E-state index contributed by atoms with van der Waals surface area (Å²) in [6.45, 7) is 2.57. The molecule has 5 rings (SSSR count). The van der Waals surface area contributed by atoms with Crippen molar-refractivity contribution < 1.29 is 9.32 Å². The molecule has 0 bridgehead atoms. The summed E-state index contributed by atoms with van der Waals surface area (Å²) < 4.78 is 5.47. The first-order chi connectivity index (χ1) is 15.1. The van der Waals surface area contributed by atoms with Crippen LogP contribution in [0.5, 0.6) is 0 Å². The molecule has 0 aliphatic carbocycles. The highest BCUT2D eigenvalue weighted by Gasteiger charge is 2.26. The molecule has 1 aromatic heterocycles. The summed E-state index contributed by atoms with van der Waals surface area (Å²) in [5.74, 6) is 1.08. The highest BCUT2D eigenvalue weighted by molar-refractivity contribution is 7.99. The average Bonchev–Trinajstić information content (AvgIpc) is 3.21. The number of halogens is 1. The van der Waals surface area contributed by atoms with Crippen molar-refractivity contribution in [1.82, 2.24) is 10.1 Å². The van der Waals surface area contributed by atoms with Crippen LogP contribution < -0.4 is 4.90 Å². The fourth-order valence-electron chi connectivity index (χ4n) is 3.60. The van der Waals surface area contributed by atoms with Gasteiger partial charge in [0, 0.05) is 26.9 Å². The van der Waals surface area contributed by atoms with E-state index in [-0.39, 0.29) is 5.91 Å². The van der Waals surface area contributed by atoms with Crippen molar-refractivity contribution in [3.8, 4) is 11.4 Å². The Bertz CT molecular complexity index is 1270. The van der Waals surface area contributed by atoms with Crippen LogP contribution in [0.2, 0.25) is 5.02 Å². The highest BCUT2D eigenvalue weighted by Crippen LogP contribution is 2.42. The van der Waals surface area contributed by atoms with E-state index in [1.54, 1.807) is 16.7 Å². The fraction of sp³-hybridized carbons (Fsp3) is 0.125. The third-order valence-corrected chi connectivity index (χ3v) is 6.52. The molecule has 4 aromatic rings. The molecule has 31 heavy (non-hydrogen) atoms. The van der Waals surface area contributed by atoms with Crippen molar-refractivity contribution in [2.75, 3.05) is 11.4 Å². The van der Waals surface area contributed by atoms with Crippen LogP contribution in [0.25, 0.3) is 11.4 Å². The summed E-state index contributed by atoms with van der Waals surface area (Å²) in [5, 5.41) is 4.86. The van der Waals surface area contributed by atoms with Gasteiger partial charge in [-0.25, -0.2) is 0 Å². The molecule has 1 amide bonds. The van der Waals surface area contributed by atoms with Crippen LogP contribution in [0.1, 0.15) is 28.7 Å². The Morgan fingerprint density at radius 1 is 1.03 bits per heavy atom. The van der Waals surface area contributed by atoms with Gasteiger partial charge in [-0.2, -0.15) is 4.98 Å². The lowest BCUT2D eigenvalue weighted by molar-refractivity contribution is 0.0985. The summed E-state index contributed by atoms with van der Waals surface area (Å²) in [6.07, 6.45) is 0.537. The lowest BCUT2D eigenvalue weighted by atomic mass is 10.1. The number of fused-ring (bicyclic) bond motifs is 2. The van der Waals surface area contributed by atoms with Crippen LogP contribution in [-0.2, 0) is 6.42 Å². The first kappa shape index (κ1) is 19.8. The van der Waals surface area contributed by atoms with E-state index in [1.165, 1.54) is 0 Å². The number of nitrogens with zero attached hydrogens (tertiary/aromatic N) is 3. The van der Waals surface area contributed by atoms with Crippen molar-refractivity contribution in [2.24, 2.45) is 0 Å². The average molecular weight is 448 g/mol. The Hall–Kier alpha value is -3.09. The Labute approximate surface area is 189 Å². The molecule has 0 spiro atoms. The van der Waals surface area contributed by atoms with E-state index in [1.807, 2.05) is 73.7 Å². The van der Waals surface area contributed by atoms with Crippen molar-refractivity contribution in [2.45, 2.75) is 23.1 Å². The molecule has 2 heterocycles. The second-order valence-corrected chi connectivity index (χ2v) is 8.67. The Kier molecular flexibility index (Phi) is 5.26. The lowest BCUT2D eigenvalue weighted by Crippen LogP contribution is -2.30. The number of carbonyl (C=O) groups excluding carboxylic acids is 1. The number of benzene rings is 3. The van der Waals surface area contributed by atoms with E-state index in [4.69, 9.17) is 16.1 Å². The van der Waals surface area contributed by atoms with E-state index in [0.717, 1.165) is 32.2 Å². The molecule has 5 nitrogen and oxygen atoms in total. The molecule has 0 fully saturated rings. The smallest absolute Gasteiger partial charge is 0.259 e. The number of rotatable bonds is 4. The van der Waals surface area contributed by atoms with E-state index < -0.39 is 0 Å². The van der Waals surface area contributed by atoms with Gasteiger partial charge < -0.3 is 9.42 Å². The molecule has 7 heteroatoms. The van der Waals surface area contributed by atoms with E-state index in [0.29, 0.717) is 29.7 Å². The minimum Gasteiger partial charge on any atom is -0.339 e. The van der Waals surface area contributed by atoms with Crippen molar-refractivity contribution in [3.63, 3.8) is 0 Å². The number of hydrogen-bond acceptors (Lipinski definition) is 5. The van der Waals surface area contributed by atoms with Gasteiger partial charge in [-0.15, -0.1) is 0 Å². The molecule has 0 atom stereocenters. The number of aromatic nitrogens is 2. The van der Waals surface area contributed by atoms with Crippen LogP contribution in [0.15, 0.2) is 81.0 Å². The number of anilines is 1. The molecule has 0 unspecified atom stereocenters. The van der Waals surface area contributed by atoms with Gasteiger partial charge in [0.2, 0.25) is 11.7 Å².